The molecule has 130 valence electrons. The molecule has 2 rings (SSSR count). The quantitative estimate of drug-likeness (QED) is 0.789. The molecule has 7 heteroatoms. The van der Waals surface area contributed by atoms with Gasteiger partial charge in [0.25, 0.3) is 5.91 Å². The molecule has 1 aromatic rings. The van der Waals surface area contributed by atoms with Crippen molar-refractivity contribution in [1.82, 2.24) is 5.32 Å². The Hall–Kier alpha value is -2.15. The van der Waals surface area contributed by atoms with Crippen LogP contribution in [0.2, 0.25) is 0 Å². The van der Waals surface area contributed by atoms with Gasteiger partial charge in [0.1, 0.15) is 0 Å². The summed E-state index contributed by atoms with van der Waals surface area (Å²) in [5.74, 6) is -0.232. The fourth-order valence-electron chi connectivity index (χ4n) is 2.73. The monoisotopic (exact) mass is 350 g/mol. The SMILES string of the molecule is C=CC(=O)N(C)c1ccc(C(=O)NCCC2CCCS2(=O)=O)cc1. The number of sulfone groups is 1. The van der Waals surface area contributed by atoms with Gasteiger partial charge < -0.3 is 10.2 Å². The first-order valence-corrected chi connectivity index (χ1v) is 9.56. The lowest BCUT2D eigenvalue weighted by atomic mass is 10.1. The van der Waals surface area contributed by atoms with E-state index in [2.05, 4.69) is 11.9 Å². The standard InChI is InChI=1S/C17H22N2O4S/c1-3-16(20)19(2)14-8-6-13(7-9-14)17(21)18-11-10-15-5-4-12-24(15,22)23/h3,6-9,15H,1,4-5,10-12H2,2H3,(H,18,21). The molecule has 1 aliphatic heterocycles. The van der Waals surface area contributed by atoms with Crippen LogP contribution in [0.1, 0.15) is 29.6 Å². The first-order valence-electron chi connectivity index (χ1n) is 7.85. The zero-order valence-corrected chi connectivity index (χ0v) is 14.5. The van der Waals surface area contributed by atoms with Crippen molar-refractivity contribution in [2.24, 2.45) is 0 Å². The van der Waals surface area contributed by atoms with Crippen LogP contribution < -0.4 is 10.2 Å². The van der Waals surface area contributed by atoms with Gasteiger partial charge in [0.2, 0.25) is 5.91 Å². The van der Waals surface area contributed by atoms with Crippen molar-refractivity contribution in [2.45, 2.75) is 24.5 Å². The Labute approximate surface area is 142 Å². The Bertz CT molecular complexity index is 725. The number of rotatable bonds is 6. The summed E-state index contributed by atoms with van der Waals surface area (Å²) in [6.07, 6.45) is 3.05. The fraction of sp³-hybridized carbons (Fsp3) is 0.412. The number of nitrogens with one attached hydrogen (secondary N) is 1. The van der Waals surface area contributed by atoms with E-state index >= 15 is 0 Å². The summed E-state index contributed by atoms with van der Waals surface area (Å²) in [6.45, 7) is 3.76. The van der Waals surface area contributed by atoms with Gasteiger partial charge in [-0.15, -0.1) is 0 Å². The Kier molecular flexibility index (Phi) is 5.77. The number of benzene rings is 1. The van der Waals surface area contributed by atoms with E-state index in [1.165, 1.54) is 11.0 Å². The molecule has 1 N–H and O–H groups in total. The highest BCUT2D eigenvalue weighted by molar-refractivity contribution is 7.92. The van der Waals surface area contributed by atoms with Crippen LogP contribution in [0.15, 0.2) is 36.9 Å². The summed E-state index contributed by atoms with van der Waals surface area (Å²) >= 11 is 0. The van der Waals surface area contributed by atoms with E-state index < -0.39 is 9.84 Å². The van der Waals surface area contributed by atoms with Crippen molar-refractivity contribution in [1.29, 1.82) is 0 Å². The van der Waals surface area contributed by atoms with E-state index in [0.29, 0.717) is 37.1 Å². The number of hydrogen-bond acceptors (Lipinski definition) is 4. The number of anilines is 1. The van der Waals surface area contributed by atoms with Crippen LogP contribution in [0.4, 0.5) is 5.69 Å². The second-order valence-electron chi connectivity index (χ2n) is 5.82. The van der Waals surface area contributed by atoms with Crippen molar-refractivity contribution >= 4 is 27.3 Å². The average Bonchev–Trinajstić information content (AvgIpc) is 2.92. The summed E-state index contributed by atoms with van der Waals surface area (Å²) in [4.78, 5) is 25.1. The Morgan fingerprint density at radius 1 is 1.33 bits per heavy atom. The Morgan fingerprint density at radius 2 is 2.00 bits per heavy atom. The summed E-state index contributed by atoms with van der Waals surface area (Å²) in [7, 11) is -1.35. The first kappa shape index (κ1) is 18.2. The highest BCUT2D eigenvalue weighted by Crippen LogP contribution is 2.22. The first-order chi connectivity index (χ1) is 11.3. The molecular formula is C17H22N2O4S. The largest absolute Gasteiger partial charge is 0.352 e. The summed E-state index contributed by atoms with van der Waals surface area (Å²) in [5.41, 5.74) is 1.13. The number of nitrogens with zero attached hydrogens (tertiary/aromatic N) is 1. The molecule has 0 radical (unpaired) electrons. The molecule has 1 aromatic carbocycles. The minimum Gasteiger partial charge on any atom is -0.352 e. The smallest absolute Gasteiger partial charge is 0.251 e. The molecule has 0 spiro atoms. The van der Waals surface area contributed by atoms with Gasteiger partial charge in [-0.2, -0.15) is 0 Å². The maximum atomic E-state index is 12.1. The minimum absolute atomic E-state index is 0.232. The second-order valence-corrected chi connectivity index (χ2v) is 8.22. The van der Waals surface area contributed by atoms with E-state index in [-0.39, 0.29) is 22.8 Å². The number of carbonyl (C=O) groups is 2. The molecule has 6 nitrogen and oxygen atoms in total. The second kappa shape index (κ2) is 7.61. The lowest BCUT2D eigenvalue weighted by Crippen LogP contribution is -2.29. The van der Waals surface area contributed by atoms with Gasteiger partial charge >= 0.3 is 0 Å². The number of carbonyl (C=O) groups excluding carboxylic acids is 2. The zero-order valence-electron chi connectivity index (χ0n) is 13.7. The Balaban J connectivity index is 1.89. The van der Waals surface area contributed by atoms with Gasteiger partial charge in [-0.1, -0.05) is 6.58 Å². The van der Waals surface area contributed by atoms with Crippen LogP contribution in [0, 0.1) is 0 Å². The lowest BCUT2D eigenvalue weighted by Gasteiger charge is -2.15. The predicted octanol–water partition coefficient (Wildman–Crippen LogP) is 1.53. The van der Waals surface area contributed by atoms with Crippen molar-refractivity contribution < 1.29 is 18.0 Å². The maximum Gasteiger partial charge on any atom is 0.251 e. The van der Waals surface area contributed by atoms with Crippen LogP contribution in [0.5, 0.6) is 0 Å². The van der Waals surface area contributed by atoms with E-state index in [9.17, 15) is 18.0 Å². The number of amides is 2. The molecule has 1 fully saturated rings. The highest BCUT2D eigenvalue weighted by Gasteiger charge is 2.30. The van der Waals surface area contributed by atoms with Crippen LogP contribution in [0.25, 0.3) is 0 Å². The third-order valence-electron chi connectivity index (χ3n) is 4.24. The van der Waals surface area contributed by atoms with Gasteiger partial charge in [-0.05, 0) is 49.6 Å². The minimum atomic E-state index is -2.97. The van der Waals surface area contributed by atoms with Gasteiger partial charge in [0.15, 0.2) is 9.84 Å². The van der Waals surface area contributed by atoms with Crippen LogP contribution >= 0.6 is 0 Å². The summed E-state index contributed by atoms with van der Waals surface area (Å²) < 4.78 is 23.5. The molecule has 1 unspecified atom stereocenters. The topological polar surface area (TPSA) is 83.6 Å². The van der Waals surface area contributed by atoms with Gasteiger partial charge in [0, 0.05) is 24.8 Å². The fourth-order valence-corrected chi connectivity index (χ4v) is 4.64. The summed E-state index contributed by atoms with van der Waals surface area (Å²) in [6, 6.07) is 6.61. The van der Waals surface area contributed by atoms with Crippen LogP contribution in [0.3, 0.4) is 0 Å². The molecule has 1 heterocycles. The molecule has 0 bridgehead atoms. The normalized spacial score (nSPS) is 18.8. The van der Waals surface area contributed by atoms with E-state index in [1.54, 1.807) is 31.3 Å². The van der Waals surface area contributed by atoms with E-state index in [1.807, 2.05) is 0 Å². The average molecular weight is 350 g/mol. The molecule has 1 saturated heterocycles. The lowest BCUT2D eigenvalue weighted by molar-refractivity contribution is -0.113. The van der Waals surface area contributed by atoms with Crippen LogP contribution in [-0.4, -0.2) is 44.8 Å². The highest BCUT2D eigenvalue weighted by atomic mass is 32.2. The zero-order chi connectivity index (χ0) is 17.7. The number of likely N-dealkylation sites (N-methyl/N-ethyl adjacent to an activating group) is 1. The van der Waals surface area contributed by atoms with E-state index in [4.69, 9.17) is 0 Å². The van der Waals surface area contributed by atoms with E-state index in [0.717, 1.165) is 0 Å². The van der Waals surface area contributed by atoms with Gasteiger partial charge in [-0.3, -0.25) is 9.59 Å². The third kappa shape index (κ3) is 4.23. The van der Waals surface area contributed by atoms with Crippen molar-refractivity contribution in [3.05, 3.63) is 42.5 Å². The Morgan fingerprint density at radius 3 is 2.54 bits per heavy atom. The van der Waals surface area contributed by atoms with Crippen LogP contribution in [-0.2, 0) is 14.6 Å². The summed E-state index contributed by atoms with van der Waals surface area (Å²) in [5, 5.41) is 2.41. The van der Waals surface area contributed by atoms with Crippen molar-refractivity contribution in [2.75, 3.05) is 24.2 Å². The van der Waals surface area contributed by atoms with Crippen molar-refractivity contribution in [3.63, 3.8) is 0 Å². The molecule has 0 saturated carbocycles. The van der Waals surface area contributed by atoms with Gasteiger partial charge in [-0.25, -0.2) is 8.42 Å². The third-order valence-corrected chi connectivity index (χ3v) is 6.58. The molecule has 2 amide bonds. The molecule has 1 atom stereocenters. The molecule has 0 aromatic heterocycles. The number of hydrogen-bond donors (Lipinski definition) is 1. The predicted molar refractivity (Wildman–Crippen MR) is 93.8 cm³/mol. The molecule has 1 aliphatic rings. The molecule has 24 heavy (non-hydrogen) atoms. The van der Waals surface area contributed by atoms with Gasteiger partial charge in [0.05, 0.1) is 11.0 Å². The molecule has 0 aliphatic carbocycles. The van der Waals surface area contributed by atoms with Crippen molar-refractivity contribution in [3.8, 4) is 0 Å². The maximum absolute atomic E-state index is 12.1. The molecular weight excluding hydrogens is 328 g/mol.